The number of ether oxygens (including phenoxy) is 3. The lowest BCUT2D eigenvalue weighted by molar-refractivity contribution is -0.167. The van der Waals surface area contributed by atoms with Crippen LogP contribution in [0.5, 0.6) is 0 Å². The fourth-order valence-corrected chi connectivity index (χ4v) is 7.68. The Morgan fingerprint density at radius 2 is 0.582 bits per heavy atom. The van der Waals surface area contributed by atoms with Gasteiger partial charge >= 0.3 is 17.9 Å². The van der Waals surface area contributed by atoms with E-state index in [-0.39, 0.29) is 31.1 Å². The quantitative estimate of drug-likeness (QED) is 0.0262. The summed E-state index contributed by atoms with van der Waals surface area (Å²) in [5.74, 6) is -0.936. The lowest BCUT2D eigenvalue weighted by Gasteiger charge is -2.18. The van der Waals surface area contributed by atoms with E-state index in [2.05, 4.69) is 106 Å². The first kappa shape index (κ1) is 63.6. The average Bonchev–Trinajstić information content (AvgIpc) is 3.33. The van der Waals surface area contributed by atoms with Crippen molar-refractivity contribution in [2.75, 3.05) is 13.2 Å². The molecule has 1 atom stereocenters. The Labute approximate surface area is 414 Å². The average molecular weight is 933 g/mol. The highest BCUT2D eigenvalue weighted by Crippen LogP contribution is 2.15. The van der Waals surface area contributed by atoms with Crippen molar-refractivity contribution in [3.8, 4) is 0 Å². The van der Waals surface area contributed by atoms with Gasteiger partial charge in [0.25, 0.3) is 0 Å². The first-order valence-electron chi connectivity index (χ1n) is 28.1. The van der Waals surface area contributed by atoms with Crippen LogP contribution in [0.2, 0.25) is 0 Å². The summed E-state index contributed by atoms with van der Waals surface area (Å²) in [5.41, 5.74) is 0. The molecule has 0 unspecified atom stereocenters. The Hall–Kier alpha value is -3.41. The van der Waals surface area contributed by atoms with Gasteiger partial charge in [0.15, 0.2) is 6.10 Å². The maximum atomic E-state index is 12.8. The molecule has 0 bridgehead atoms. The van der Waals surface area contributed by atoms with Gasteiger partial charge in [-0.05, 0) is 96.3 Å². The lowest BCUT2D eigenvalue weighted by Crippen LogP contribution is -2.30. The Bertz CT molecular complexity index is 1300. The van der Waals surface area contributed by atoms with Crippen molar-refractivity contribution in [2.45, 2.75) is 271 Å². The predicted molar refractivity (Wildman–Crippen MR) is 288 cm³/mol. The second-order valence-corrected chi connectivity index (χ2v) is 18.5. The molecule has 0 amide bonds. The molecule has 0 saturated heterocycles. The Balaban J connectivity index is 4.46. The number of rotatable bonds is 50. The first-order valence-corrected chi connectivity index (χ1v) is 28.1. The van der Waals surface area contributed by atoms with E-state index in [4.69, 9.17) is 14.2 Å². The van der Waals surface area contributed by atoms with Crippen LogP contribution in [0.15, 0.2) is 85.1 Å². The number of carbonyl (C=O) groups excluding carboxylic acids is 3. The van der Waals surface area contributed by atoms with Gasteiger partial charge in [-0.2, -0.15) is 0 Å². The van der Waals surface area contributed by atoms with E-state index in [1.165, 1.54) is 103 Å². The van der Waals surface area contributed by atoms with Gasteiger partial charge in [0, 0.05) is 19.3 Å². The highest BCUT2D eigenvalue weighted by molar-refractivity contribution is 5.71. The SMILES string of the molecule is CC/C=C/C/C=C/C/C=C/CCCCCCCC(=O)O[C@@H](COC(=O)CCCCC/C=C/C/C=C/C/C=C/C/C=C/CCCCC)COC(=O)CCCCCCCCCCCCCCCCC. The minimum Gasteiger partial charge on any atom is -0.462 e. The monoisotopic (exact) mass is 933 g/mol. The molecule has 0 rings (SSSR count). The molecule has 0 radical (unpaired) electrons. The Morgan fingerprint density at radius 1 is 0.313 bits per heavy atom. The first-order chi connectivity index (χ1) is 33.0. The zero-order valence-electron chi connectivity index (χ0n) is 43.9. The van der Waals surface area contributed by atoms with Crippen LogP contribution in [0.3, 0.4) is 0 Å². The second-order valence-electron chi connectivity index (χ2n) is 18.5. The maximum Gasteiger partial charge on any atom is 0.306 e. The van der Waals surface area contributed by atoms with E-state index in [9.17, 15) is 14.4 Å². The van der Waals surface area contributed by atoms with Gasteiger partial charge in [0.05, 0.1) is 0 Å². The summed E-state index contributed by atoms with van der Waals surface area (Å²) in [5, 5.41) is 0. The molecule has 0 spiro atoms. The third kappa shape index (κ3) is 53.4. The molecule has 0 aliphatic rings. The van der Waals surface area contributed by atoms with Gasteiger partial charge in [0.2, 0.25) is 0 Å². The van der Waals surface area contributed by atoms with E-state index in [0.717, 1.165) is 122 Å². The standard InChI is InChI=1S/C61H104O6/c1-4-7-10-13-16-19-22-25-28-29-30-31-34-36-39-42-45-48-51-54-60(63)66-57-58(67-61(64)55-52-49-46-43-40-37-33-27-24-21-18-15-12-9-6-3)56-65-59(62)53-50-47-44-41-38-35-32-26-23-20-17-14-11-8-5-2/h9,12,16,18-19,21,25,27-28,30-31,33,36,39,58H,4-8,10-11,13-15,17,20,22-24,26,29,32,34-35,37-38,40-57H2,1-3H3/b12-9+,19-16+,21-18+,28-25+,31-30+,33-27+,39-36+/t58-/m1/s1. The number of hydrogen-bond donors (Lipinski definition) is 0. The molecule has 384 valence electrons. The molecule has 0 fully saturated rings. The van der Waals surface area contributed by atoms with Crippen LogP contribution in [0.25, 0.3) is 0 Å². The summed E-state index contributed by atoms with van der Waals surface area (Å²) >= 11 is 0. The fourth-order valence-electron chi connectivity index (χ4n) is 7.68. The van der Waals surface area contributed by atoms with Gasteiger partial charge in [-0.3, -0.25) is 14.4 Å². The molecule has 0 saturated carbocycles. The van der Waals surface area contributed by atoms with Crippen molar-refractivity contribution in [3.63, 3.8) is 0 Å². The normalized spacial score (nSPS) is 12.7. The van der Waals surface area contributed by atoms with Crippen LogP contribution in [0.4, 0.5) is 0 Å². The molecule has 6 heteroatoms. The van der Waals surface area contributed by atoms with E-state index in [0.29, 0.717) is 19.3 Å². The third-order valence-electron chi connectivity index (χ3n) is 11.9. The van der Waals surface area contributed by atoms with Gasteiger partial charge in [-0.15, -0.1) is 0 Å². The maximum absolute atomic E-state index is 12.8. The van der Waals surface area contributed by atoms with Crippen LogP contribution in [0, 0.1) is 0 Å². The molecule has 0 N–H and O–H groups in total. The summed E-state index contributed by atoms with van der Waals surface area (Å²) in [4.78, 5) is 38.1. The molecule has 0 aliphatic heterocycles. The molecule has 0 heterocycles. The molecule has 6 nitrogen and oxygen atoms in total. The molecule has 67 heavy (non-hydrogen) atoms. The third-order valence-corrected chi connectivity index (χ3v) is 11.9. The van der Waals surface area contributed by atoms with Crippen molar-refractivity contribution >= 4 is 17.9 Å². The molecular weight excluding hydrogens is 829 g/mol. The van der Waals surface area contributed by atoms with Crippen molar-refractivity contribution in [3.05, 3.63) is 85.1 Å². The highest BCUT2D eigenvalue weighted by atomic mass is 16.6. The number of unbranched alkanes of at least 4 members (excludes halogenated alkanes) is 25. The van der Waals surface area contributed by atoms with E-state index in [1.807, 2.05) is 0 Å². The van der Waals surface area contributed by atoms with Gasteiger partial charge in [-0.25, -0.2) is 0 Å². The zero-order chi connectivity index (χ0) is 48.6. The topological polar surface area (TPSA) is 78.9 Å². The number of carbonyl (C=O) groups is 3. The molecule has 0 aromatic heterocycles. The second kappa shape index (κ2) is 55.2. The zero-order valence-corrected chi connectivity index (χ0v) is 43.9. The van der Waals surface area contributed by atoms with Crippen LogP contribution < -0.4 is 0 Å². The van der Waals surface area contributed by atoms with E-state index < -0.39 is 6.10 Å². The summed E-state index contributed by atoms with van der Waals surface area (Å²) in [7, 11) is 0. The summed E-state index contributed by atoms with van der Waals surface area (Å²) in [6.07, 6.45) is 71.4. The van der Waals surface area contributed by atoms with Crippen LogP contribution in [-0.4, -0.2) is 37.2 Å². The largest absolute Gasteiger partial charge is 0.462 e. The van der Waals surface area contributed by atoms with Gasteiger partial charge < -0.3 is 14.2 Å². The molecular formula is C61H104O6. The van der Waals surface area contributed by atoms with Crippen molar-refractivity contribution in [1.82, 2.24) is 0 Å². The van der Waals surface area contributed by atoms with Gasteiger partial charge in [0.1, 0.15) is 13.2 Å². The van der Waals surface area contributed by atoms with Gasteiger partial charge in [-0.1, -0.05) is 234 Å². The number of hydrogen-bond acceptors (Lipinski definition) is 6. The fraction of sp³-hybridized carbons (Fsp3) is 0.721. The van der Waals surface area contributed by atoms with E-state index >= 15 is 0 Å². The van der Waals surface area contributed by atoms with Crippen molar-refractivity contribution in [2.24, 2.45) is 0 Å². The molecule has 0 aromatic rings. The summed E-state index contributed by atoms with van der Waals surface area (Å²) in [6.45, 7) is 6.47. The minimum atomic E-state index is -0.798. The van der Waals surface area contributed by atoms with Crippen LogP contribution >= 0.6 is 0 Å². The number of allylic oxidation sites excluding steroid dienone is 14. The van der Waals surface area contributed by atoms with Crippen molar-refractivity contribution < 1.29 is 28.6 Å². The van der Waals surface area contributed by atoms with Crippen LogP contribution in [-0.2, 0) is 28.6 Å². The highest BCUT2D eigenvalue weighted by Gasteiger charge is 2.19. The van der Waals surface area contributed by atoms with Crippen molar-refractivity contribution in [1.29, 1.82) is 0 Å². The van der Waals surface area contributed by atoms with Crippen LogP contribution in [0.1, 0.15) is 265 Å². The molecule has 0 aliphatic carbocycles. The lowest BCUT2D eigenvalue weighted by atomic mass is 10.0. The predicted octanol–water partition coefficient (Wildman–Crippen LogP) is 18.8. The van der Waals surface area contributed by atoms with E-state index in [1.54, 1.807) is 0 Å². The smallest absolute Gasteiger partial charge is 0.306 e. The Kier molecular flexibility index (Phi) is 52.4. The number of esters is 3. The summed E-state index contributed by atoms with van der Waals surface area (Å²) in [6, 6.07) is 0. The summed E-state index contributed by atoms with van der Waals surface area (Å²) < 4.78 is 16.8. The molecule has 0 aromatic carbocycles. The Morgan fingerprint density at radius 3 is 0.955 bits per heavy atom. The minimum absolute atomic E-state index is 0.0924.